The number of alkyl halides is 2. The van der Waals surface area contributed by atoms with E-state index in [0.29, 0.717) is 6.54 Å². The molecule has 94 valence electrons. The SMILES string of the molecule is COC(=O)C(C)NCc1ccc(C(F)F)cc1. The first-order chi connectivity index (χ1) is 8.04. The molecule has 0 radical (unpaired) electrons. The summed E-state index contributed by atoms with van der Waals surface area (Å²) >= 11 is 0. The van der Waals surface area contributed by atoms with Gasteiger partial charge in [0.2, 0.25) is 0 Å². The van der Waals surface area contributed by atoms with Crippen molar-refractivity contribution in [3.63, 3.8) is 0 Å². The van der Waals surface area contributed by atoms with E-state index in [4.69, 9.17) is 0 Å². The molecule has 3 nitrogen and oxygen atoms in total. The van der Waals surface area contributed by atoms with Crippen LogP contribution >= 0.6 is 0 Å². The molecule has 0 aliphatic carbocycles. The van der Waals surface area contributed by atoms with Crippen LogP contribution in [-0.4, -0.2) is 19.1 Å². The number of carbonyl (C=O) groups is 1. The predicted octanol–water partition coefficient (Wildman–Crippen LogP) is 2.28. The lowest BCUT2D eigenvalue weighted by molar-refractivity contribution is -0.142. The van der Waals surface area contributed by atoms with Crippen LogP contribution in [0, 0.1) is 0 Å². The Kier molecular flexibility index (Phi) is 5.03. The van der Waals surface area contributed by atoms with Crippen molar-refractivity contribution in [1.29, 1.82) is 0 Å². The van der Waals surface area contributed by atoms with Gasteiger partial charge in [-0.25, -0.2) is 8.78 Å². The number of esters is 1. The van der Waals surface area contributed by atoms with Gasteiger partial charge in [-0.05, 0) is 12.5 Å². The highest BCUT2D eigenvalue weighted by Crippen LogP contribution is 2.18. The lowest BCUT2D eigenvalue weighted by atomic mass is 10.1. The highest BCUT2D eigenvalue weighted by atomic mass is 19.3. The van der Waals surface area contributed by atoms with Crippen molar-refractivity contribution < 1.29 is 18.3 Å². The van der Waals surface area contributed by atoms with Crippen LogP contribution in [0.2, 0.25) is 0 Å². The van der Waals surface area contributed by atoms with Crippen molar-refractivity contribution in [3.8, 4) is 0 Å². The number of hydrogen-bond acceptors (Lipinski definition) is 3. The molecule has 1 aromatic rings. The Bertz CT molecular complexity index is 365. The molecule has 0 aliphatic heterocycles. The third kappa shape index (κ3) is 4.11. The largest absolute Gasteiger partial charge is 0.468 e. The van der Waals surface area contributed by atoms with Crippen LogP contribution in [0.25, 0.3) is 0 Å². The Morgan fingerprint density at radius 1 is 1.35 bits per heavy atom. The second-order valence-electron chi connectivity index (χ2n) is 3.67. The predicted molar refractivity (Wildman–Crippen MR) is 59.7 cm³/mol. The van der Waals surface area contributed by atoms with Crippen molar-refractivity contribution in [2.45, 2.75) is 25.9 Å². The van der Waals surface area contributed by atoms with Gasteiger partial charge in [-0.3, -0.25) is 4.79 Å². The van der Waals surface area contributed by atoms with Gasteiger partial charge in [-0.15, -0.1) is 0 Å². The number of halogens is 2. The number of ether oxygens (including phenoxy) is 1. The molecule has 1 atom stereocenters. The molecule has 0 amide bonds. The average molecular weight is 243 g/mol. The molecule has 0 aliphatic rings. The molecule has 0 aromatic heterocycles. The van der Waals surface area contributed by atoms with E-state index in [-0.39, 0.29) is 11.5 Å². The fraction of sp³-hybridized carbons (Fsp3) is 0.417. The van der Waals surface area contributed by atoms with Crippen LogP contribution in [0.15, 0.2) is 24.3 Å². The third-order valence-electron chi connectivity index (χ3n) is 2.40. The van der Waals surface area contributed by atoms with Gasteiger partial charge >= 0.3 is 5.97 Å². The van der Waals surface area contributed by atoms with Gasteiger partial charge in [0.15, 0.2) is 0 Å². The summed E-state index contributed by atoms with van der Waals surface area (Å²) in [6.45, 7) is 2.11. The molecule has 0 spiro atoms. The fourth-order valence-corrected chi connectivity index (χ4v) is 1.31. The topological polar surface area (TPSA) is 38.3 Å². The van der Waals surface area contributed by atoms with Crippen LogP contribution in [0.3, 0.4) is 0 Å². The summed E-state index contributed by atoms with van der Waals surface area (Å²) in [7, 11) is 1.32. The van der Waals surface area contributed by atoms with Gasteiger partial charge < -0.3 is 10.1 Å². The second kappa shape index (κ2) is 6.30. The van der Waals surface area contributed by atoms with E-state index in [1.54, 1.807) is 19.1 Å². The van der Waals surface area contributed by atoms with E-state index in [0.717, 1.165) is 5.56 Å². The minimum Gasteiger partial charge on any atom is -0.468 e. The lowest BCUT2D eigenvalue weighted by Gasteiger charge is -2.11. The molecule has 0 bridgehead atoms. The molecule has 17 heavy (non-hydrogen) atoms. The van der Waals surface area contributed by atoms with E-state index in [1.807, 2.05) is 0 Å². The smallest absolute Gasteiger partial charge is 0.322 e. The first-order valence-electron chi connectivity index (χ1n) is 5.22. The first kappa shape index (κ1) is 13.6. The van der Waals surface area contributed by atoms with Crippen molar-refractivity contribution in [2.75, 3.05) is 7.11 Å². The Hall–Kier alpha value is -1.49. The maximum absolute atomic E-state index is 12.3. The Morgan fingerprint density at radius 3 is 2.41 bits per heavy atom. The standard InChI is InChI=1S/C12H15F2NO2/c1-8(12(16)17-2)15-7-9-3-5-10(6-4-9)11(13)14/h3-6,8,11,15H,7H2,1-2H3. The molecule has 0 fully saturated rings. The van der Waals surface area contributed by atoms with Crippen LogP contribution < -0.4 is 5.32 Å². The van der Waals surface area contributed by atoms with Crippen LogP contribution in [0.4, 0.5) is 8.78 Å². The highest BCUT2D eigenvalue weighted by molar-refractivity contribution is 5.75. The molecule has 1 aromatic carbocycles. The van der Waals surface area contributed by atoms with Crippen molar-refractivity contribution in [3.05, 3.63) is 35.4 Å². The van der Waals surface area contributed by atoms with Gasteiger partial charge in [0.05, 0.1) is 7.11 Å². The quantitative estimate of drug-likeness (QED) is 0.806. The molecular formula is C12H15F2NO2. The molecule has 1 unspecified atom stereocenters. The van der Waals surface area contributed by atoms with Gasteiger partial charge in [0, 0.05) is 12.1 Å². The number of nitrogens with one attached hydrogen (secondary N) is 1. The van der Waals surface area contributed by atoms with Crippen LogP contribution in [0.1, 0.15) is 24.5 Å². The zero-order chi connectivity index (χ0) is 12.8. The van der Waals surface area contributed by atoms with E-state index < -0.39 is 12.5 Å². The summed E-state index contributed by atoms with van der Waals surface area (Å²) in [5.74, 6) is -0.353. The molecule has 0 heterocycles. The monoisotopic (exact) mass is 243 g/mol. The summed E-state index contributed by atoms with van der Waals surface area (Å²) in [5.41, 5.74) is 0.833. The highest BCUT2D eigenvalue weighted by Gasteiger charge is 2.12. The number of rotatable bonds is 5. The fourth-order valence-electron chi connectivity index (χ4n) is 1.31. The minimum absolute atomic E-state index is 0.00485. The van der Waals surface area contributed by atoms with Crippen molar-refractivity contribution in [1.82, 2.24) is 5.32 Å². The maximum Gasteiger partial charge on any atom is 0.322 e. The van der Waals surface area contributed by atoms with Crippen LogP contribution in [-0.2, 0) is 16.1 Å². The molecule has 0 saturated heterocycles. The number of carbonyl (C=O) groups excluding carboxylic acids is 1. The lowest BCUT2D eigenvalue weighted by Crippen LogP contribution is -2.34. The van der Waals surface area contributed by atoms with Gasteiger partial charge in [-0.2, -0.15) is 0 Å². The summed E-state index contributed by atoms with van der Waals surface area (Å²) < 4.78 is 29.1. The molecular weight excluding hydrogens is 228 g/mol. The number of methoxy groups -OCH3 is 1. The zero-order valence-corrected chi connectivity index (χ0v) is 9.74. The number of benzene rings is 1. The van der Waals surface area contributed by atoms with E-state index in [2.05, 4.69) is 10.1 Å². The maximum atomic E-state index is 12.3. The van der Waals surface area contributed by atoms with Crippen molar-refractivity contribution >= 4 is 5.97 Å². The van der Waals surface area contributed by atoms with Gasteiger partial charge in [-0.1, -0.05) is 24.3 Å². The minimum atomic E-state index is -2.45. The molecule has 1 rings (SSSR count). The summed E-state index contributed by atoms with van der Waals surface area (Å²) in [5, 5.41) is 2.94. The van der Waals surface area contributed by atoms with Gasteiger partial charge in [0.1, 0.15) is 6.04 Å². The Morgan fingerprint density at radius 2 is 1.94 bits per heavy atom. The Labute approximate surface area is 98.8 Å². The summed E-state index contributed by atoms with van der Waals surface area (Å²) in [6.07, 6.45) is -2.45. The van der Waals surface area contributed by atoms with Crippen LogP contribution in [0.5, 0.6) is 0 Å². The number of hydrogen-bond donors (Lipinski definition) is 1. The van der Waals surface area contributed by atoms with Crippen molar-refractivity contribution in [2.24, 2.45) is 0 Å². The van der Waals surface area contributed by atoms with E-state index >= 15 is 0 Å². The molecule has 1 N–H and O–H groups in total. The average Bonchev–Trinajstić information content (AvgIpc) is 2.35. The van der Waals surface area contributed by atoms with Gasteiger partial charge in [0.25, 0.3) is 6.43 Å². The Balaban J connectivity index is 2.50. The second-order valence-corrected chi connectivity index (χ2v) is 3.67. The summed E-state index contributed by atoms with van der Waals surface area (Å²) in [4.78, 5) is 11.1. The zero-order valence-electron chi connectivity index (χ0n) is 9.74. The normalized spacial score (nSPS) is 12.5. The molecule has 0 saturated carbocycles. The van der Waals surface area contributed by atoms with E-state index in [1.165, 1.54) is 19.2 Å². The summed E-state index contributed by atoms with van der Waals surface area (Å²) in [6, 6.07) is 5.56. The first-order valence-corrected chi connectivity index (χ1v) is 5.22. The third-order valence-corrected chi connectivity index (χ3v) is 2.40. The van der Waals surface area contributed by atoms with E-state index in [9.17, 15) is 13.6 Å². The molecule has 5 heteroatoms.